The van der Waals surface area contributed by atoms with E-state index in [1.165, 1.54) is 0 Å². The Morgan fingerprint density at radius 3 is 2.76 bits per heavy atom. The first-order chi connectivity index (χ1) is 11.8. The molecular weight excluding hydrogens is 320 g/mol. The van der Waals surface area contributed by atoms with Gasteiger partial charge in [0.05, 0.1) is 0 Å². The van der Waals surface area contributed by atoms with Crippen LogP contribution in [0.2, 0.25) is 0 Å². The van der Waals surface area contributed by atoms with Crippen LogP contribution in [-0.4, -0.2) is 35.9 Å². The summed E-state index contributed by atoms with van der Waals surface area (Å²) in [6.07, 6.45) is 5.94. The SMILES string of the molecule is C[C@@H]1[C@H]2OC(=O)C3=CCC[C@H]([C@@]1(C)CCC1=CC(=O)OC1)[C@@]3(C)[C@H]2O. The lowest BCUT2D eigenvalue weighted by Gasteiger charge is -2.63. The lowest BCUT2D eigenvalue weighted by atomic mass is 9.44. The van der Waals surface area contributed by atoms with Crippen LogP contribution in [-0.2, 0) is 19.1 Å². The van der Waals surface area contributed by atoms with Crippen molar-refractivity contribution in [1.82, 2.24) is 0 Å². The molecule has 2 aliphatic carbocycles. The zero-order chi connectivity index (χ0) is 18.0. The second-order valence-electron chi connectivity index (χ2n) is 8.55. The average molecular weight is 346 g/mol. The Balaban J connectivity index is 1.69. The second kappa shape index (κ2) is 5.44. The molecule has 0 aromatic rings. The summed E-state index contributed by atoms with van der Waals surface area (Å²) in [6, 6.07) is 0. The average Bonchev–Trinajstić information content (AvgIpc) is 3.00. The van der Waals surface area contributed by atoms with Crippen LogP contribution < -0.4 is 0 Å². The summed E-state index contributed by atoms with van der Waals surface area (Å²) < 4.78 is 10.7. The van der Waals surface area contributed by atoms with Crippen molar-refractivity contribution in [1.29, 1.82) is 0 Å². The highest BCUT2D eigenvalue weighted by Gasteiger charge is 2.66. The number of carbonyl (C=O) groups is 2. The minimum absolute atomic E-state index is 0.0581. The largest absolute Gasteiger partial charge is 0.458 e. The van der Waals surface area contributed by atoms with Gasteiger partial charge in [0, 0.05) is 23.0 Å². The van der Waals surface area contributed by atoms with Crippen molar-refractivity contribution in [2.45, 2.75) is 58.7 Å². The first-order valence-corrected chi connectivity index (χ1v) is 9.24. The standard InChI is InChI=1S/C20H26O5/c1-11-16-17(22)20(3)13(18(23)25-16)5-4-6-14(20)19(11,2)8-7-12-9-15(21)24-10-12/h5,9,11,14,16-17,22H,4,6-8,10H2,1-3H3/t11-,14-,16-,17+,19+,20+/m1/s1. The Hall–Kier alpha value is -1.62. The number of hydrogen-bond donors (Lipinski definition) is 1. The Morgan fingerprint density at radius 2 is 2.08 bits per heavy atom. The van der Waals surface area contributed by atoms with Crippen molar-refractivity contribution in [3.63, 3.8) is 0 Å². The Bertz CT molecular complexity index is 692. The molecule has 0 spiro atoms. The molecule has 2 fully saturated rings. The molecule has 2 aliphatic heterocycles. The van der Waals surface area contributed by atoms with E-state index in [0.717, 1.165) is 31.3 Å². The van der Waals surface area contributed by atoms with Gasteiger partial charge in [0.15, 0.2) is 0 Å². The maximum absolute atomic E-state index is 12.5. The zero-order valence-electron chi connectivity index (χ0n) is 15.1. The van der Waals surface area contributed by atoms with Crippen molar-refractivity contribution in [2.75, 3.05) is 6.61 Å². The fourth-order valence-corrected chi connectivity index (χ4v) is 5.84. The number of aliphatic hydroxyl groups excluding tert-OH is 1. The summed E-state index contributed by atoms with van der Waals surface area (Å²) in [5.74, 6) is -0.239. The number of carbonyl (C=O) groups excluding carboxylic acids is 2. The minimum Gasteiger partial charge on any atom is -0.458 e. The van der Waals surface area contributed by atoms with Crippen LogP contribution in [0.3, 0.4) is 0 Å². The molecule has 0 amide bonds. The topological polar surface area (TPSA) is 72.8 Å². The lowest BCUT2D eigenvalue weighted by Crippen LogP contribution is -2.67. The third kappa shape index (κ3) is 2.17. The number of fused-ring (bicyclic) bond motifs is 1. The highest BCUT2D eigenvalue weighted by Crippen LogP contribution is 2.64. The maximum atomic E-state index is 12.5. The molecule has 5 heteroatoms. The van der Waals surface area contributed by atoms with Gasteiger partial charge in [-0.05, 0) is 42.6 Å². The minimum atomic E-state index is -0.652. The van der Waals surface area contributed by atoms with Crippen LogP contribution in [0.25, 0.3) is 0 Å². The molecule has 6 atom stereocenters. The van der Waals surface area contributed by atoms with Crippen LogP contribution in [0.5, 0.6) is 0 Å². The molecule has 25 heavy (non-hydrogen) atoms. The van der Waals surface area contributed by atoms with Crippen LogP contribution in [0.4, 0.5) is 0 Å². The van der Waals surface area contributed by atoms with Gasteiger partial charge in [-0.15, -0.1) is 0 Å². The molecule has 4 aliphatic rings. The van der Waals surface area contributed by atoms with Crippen molar-refractivity contribution in [2.24, 2.45) is 22.7 Å². The third-order valence-corrected chi connectivity index (χ3v) is 7.53. The van der Waals surface area contributed by atoms with Gasteiger partial charge in [0.2, 0.25) is 0 Å². The van der Waals surface area contributed by atoms with Crippen molar-refractivity contribution < 1.29 is 24.2 Å². The fraction of sp³-hybridized carbons (Fsp3) is 0.700. The Kier molecular flexibility index (Phi) is 3.66. The van der Waals surface area contributed by atoms with E-state index in [0.29, 0.717) is 12.2 Å². The van der Waals surface area contributed by atoms with Gasteiger partial charge in [-0.2, -0.15) is 0 Å². The number of hydrogen-bond acceptors (Lipinski definition) is 5. The predicted molar refractivity (Wildman–Crippen MR) is 90.3 cm³/mol. The first-order valence-electron chi connectivity index (χ1n) is 9.24. The van der Waals surface area contributed by atoms with Crippen molar-refractivity contribution >= 4 is 11.9 Å². The fourth-order valence-electron chi connectivity index (χ4n) is 5.84. The number of ether oxygens (including phenoxy) is 2. The summed E-state index contributed by atoms with van der Waals surface area (Å²) in [7, 11) is 0. The van der Waals surface area contributed by atoms with Gasteiger partial charge in [0.1, 0.15) is 18.8 Å². The molecule has 0 unspecified atom stereocenters. The molecule has 4 rings (SSSR count). The van der Waals surface area contributed by atoms with E-state index in [1.54, 1.807) is 6.08 Å². The first kappa shape index (κ1) is 16.8. The number of allylic oxidation sites excluding steroid dienone is 1. The van der Waals surface area contributed by atoms with E-state index >= 15 is 0 Å². The molecule has 0 radical (unpaired) electrons. The van der Waals surface area contributed by atoms with Crippen molar-refractivity contribution in [3.05, 3.63) is 23.3 Å². The number of esters is 2. The van der Waals surface area contributed by atoms with Crippen LogP contribution in [0.1, 0.15) is 46.5 Å². The van der Waals surface area contributed by atoms with Gasteiger partial charge >= 0.3 is 11.9 Å². The van der Waals surface area contributed by atoms with Gasteiger partial charge in [-0.3, -0.25) is 0 Å². The van der Waals surface area contributed by atoms with E-state index in [1.807, 2.05) is 13.0 Å². The van der Waals surface area contributed by atoms with E-state index in [4.69, 9.17) is 9.47 Å². The molecule has 0 aromatic heterocycles. The molecule has 2 bridgehead atoms. The smallest absolute Gasteiger partial charge is 0.334 e. The zero-order valence-corrected chi connectivity index (χ0v) is 15.1. The Morgan fingerprint density at radius 1 is 1.32 bits per heavy atom. The molecule has 1 N–H and O–H groups in total. The van der Waals surface area contributed by atoms with Crippen molar-refractivity contribution in [3.8, 4) is 0 Å². The number of aliphatic hydroxyl groups is 1. The maximum Gasteiger partial charge on any atom is 0.334 e. The summed E-state index contributed by atoms with van der Waals surface area (Å²) in [5, 5.41) is 11.0. The Labute approximate surface area is 148 Å². The molecule has 5 nitrogen and oxygen atoms in total. The highest BCUT2D eigenvalue weighted by atomic mass is 16.6. The quantitative estimate of drug-likeness (QED) is 0.795. The van der Waals surface area contributed by atoms with E-state index in [9.17, 15) is 14.7 Å². The molecule has 136 valence electrons. The van der Waals surface area contributed by atoms with Gasteiger partial charge in [-0.25, -0.2) is 9.59 Å². The van der Waals surface area contributed by atoms with Gasteiger partial charge in [-0.1, -0.05) is 26.8 Å². The molecule has 0 aromatic carbocycles. The predicted octanol–water partition coefficient (Wildman–Crippen LogP) is 2.53. The van der Waals surface area contributed by atoms with Crippen LogP contribution >= 0.6 is 0 Å². The monoisotopic (exact) mass is 346 g/mol. The molecule has 1 saturated heterocycles. The molecule has 1 saturated carbocycles. The van der Waals surface area contributed by atoms with Crippen LogP contribution in [0.15, 0.2) is 23.3 Å². The third-order valence-electron chi connectivity index (χ3n) is 7.53. The molecular formula is C20H26O5. The summed E-state index contributed by atoms with van der Waals surface area (Å²) in [4.78, 5) is 23.8. The number of cyclic esters (lactones) is 1. The van der Waals surface area contributed by atoms with Gasteiger partial charge < -0.3 is 14.6 Å². The summed E-state index contributed by atoms with van der Waals surface area (Å²) >= 11 is 0. The highest BCUT2D eigenvalue weighted by molar-refractivity contribution is 5.92. The van der Waals surface area contributed by atoms with E-state index in [-0.39, 0.29) is 29.2 Å². The summed E-state index contributed by atoms with van der Waals surface area (Å²) in [6.45, 7) is 6.78. The van der Waals surface area contributed by atoms with E-state index < -0.39 is 17.6 Å². The van der Waals surface area contributed by atoms with E-state index in [2.05, 4.69) is 13.8 Å². The number of rotatable bonds is 3. The van der Waals surface area contributed by atoms with Crippen LogP contribution in [0, 0.1) is 22.7 Å². The normalized spacial score (nSPS) is 45.4. The lowest BCUT2D eigenvalue weighted by molar-refractivity contribution is -0.229. The second-order valence-corrected chi connectivity index (χ2v) is 8.55. The summed E-state index contributed by atoms with van der Waals surface area (Å²) in [5.41, 5.74) is 1.06. The molecule has 2 heterocycles. The van der Waals surface area contributed by atoms with Gasteiger partial charge in [0.25, 0.3) is 0 Å².